The Bertz CT molecular complexity index is 152. The van der Waals surface area contributed by atoms with Crippen LogP contribution in [0.4, 0.5) is 0 Å². The third-order valence-electron chi connectivity index (χ3n) is 2.04. The predicted molar refractivity (Wildman–Crippen MR) is 54.9 cm³/mol. The standard InChI is InChI=1S/C8H18N2OSi/c1-2-11-8(12)3-5-10-6-4-9-7-10/h7-8H,2-6H2,1,12H3. The van der Waals surface area contributed by atoms with Gasteiger partial charge in [0.15, 0.2) is 0 Å². The smallest absolute Gasteiger partial charge is 0.0851 e. The minimum Gasteiger partial charge on any atom is -0.383 e. The van der Waals surface area contributed by atoms with Crippen molar-refractivity contribution in [2.24, 2.45) is 4.99 Å². The predicted octanol–water partition coefficient (Wildman–Crippen LogP) is -0.552. The molecule has 3 nitrogen and oxygen atoms in total. The molecule has 0 spiro atoms. The van der Waals surface area contributed by atoms with E-state index in [-0.39, 0.29) is 0 Å². The van der Waals surface area contributed by atoms with Gasteiger partial charge in [0.1, 0.15) is 0 Å². The van der Waals surface area contributed by atoms with E-state index in [1.807, 2.05) is 6.34 Å². The second-order valence-corrected chi connectivity index (χ2v) is 4.40. The number of aliphatic imine (C=N–C) groups is 1. The first-order valence-electron chi connectivity index (χ1n) is 4.68. The van der Waals surface area contributed by atoms with Crippen molar-refractivity contribution in [2.75, 3.05) is 26.2 Å². The molecule has 0 bridgehead atoms. The Balaban J connectivity index is 2.04. The average Bonchev–Trinajstić information content (AvgIpc) is 2.53. The molecule has 0 aliphatic carbocycles. The maximum absolute atomic E-state index is 5.49. The fraction of sp³-hybridized carbons (Fsp3) is 0.875. The molecule has 0 aromatic heterocycles. The number of hydrogen-bond donors (Lipinski definition) is 0. The third kappa shape index (κ3) is 3.36. The van der Waals surface area contributed by atoms with Gasteiger partial charge in [-0.3, -0.25) is 4.99 Å². The highest BCUT2D eigenvalue weighted by Gasteiger charge is 2.07. The van der Waals surface area contributed by atoms with E-state index in [4.69, 9.17) is 4.74 Å². The molecule has 1 unspecified atom stereocenters. The highest BCUT2D eigenvalue weighted by molar-refractivity contribution is 6.10. The molecular formula is C8H18N2OSi. The molecule has 1 aliphatic rings. The summed E-state index contributed by atoms with van der Waals surface area (Å²) in [6, 6.07) is 0. The van der Waals surface area contributed by atoms with Crippen LogP contribution in [-0.2, 0) is 4.74 Å². The zero-order valence-electron chi connectivity index (χ0n) is 7.99. The summed E-state index contributed by atoms with van der Waals surface area (Å²) in [6.07, 6.45) is 3.12. The molecule has 0 N–H and O–H groups in total. The van der Waals surface area contributed by atoms with Crippen LogP contribution in [-0.4, -0.2) is 53.4 Å². The topological polar surface area (TPSA) is 24.8 Å². The van der Waals surface area contributed by atoms with Crippen molar-refractivity contribution in [3.05, 3.63) is 0 Å². The molecular weight excluding hydrogens is 168 g/mol. The SMILES string of the molecule is CCOC([SiH3])CCN1C=NCC1. The van der Waals surface area contributed by atoms with Crippen molar-refractivity contribution in [1.29, 1.82) is 0 Å². The summed E-state index contributed by atoms with van der Waals surface area (Å²) < 4.78 is 5.49. The molecule has 0 radical (unpaired) electrons. The minimum atomic E-state index is 0.518. The van der Waals surface area contributed by atoms with Gasteiger partial charge >= 0.3 is 0 Å². The maximum atomic E-state index is 5.49. The van der Waals surface area contributed by atoms with Crippen molar-refractivity contribution in [1.82, 2.24) is 4.90 Å². The number of rotatable bonds is 5. The van der Waals surface area contributed by atoms with Gasteiger partial charge in [-0.2, -0.15) is 0 Å². The van der Waals surface area contributed by atoms with Gasteiger partial charge in [0.25, 0.3) is 0 Å². The lowest BCUT2D eigenvalue weighted by Gasteiger charge is -2.17. The fourth-order valence-electron chi connectivity index (χ4n) is 1.30. The van der Waals surface area contributed by atoms with Crippen LogP contribution in [0, 0.1) is 0 Å². The van der Waals surface area contributed by atoms with Crippen LogP contribution in [0.1, 0.15) is 13.3 Å². The van der Waals surface area contributed by atoms with E-state index in [2.05, 4.69) is 16.8 Å². The number of nitrogens with zero attached hydrogens (tertiary/aromatic N) is 2. The number of hydrogen-bond acceptors (Lipinski definition) is 3. The summed E-state index contributed by atoms with van der Waals surface area (Å²) in [5.74, 6) is 0. The molecule has 1 rings (SSSR count). The highest BCUT2D eigenvalue weighted by atomic mass is 28.1. The Kier molecular flexibility index (Phi) is 4.32. The summed E-state index contributed by atoms with van der Waals surface area (Å²) in [5, 5.41) is 0. The van der Waals surface area contributed by atoms with Crippen LogP contribution in [0.25, 0.3) is 0 Å². The van der Waals surface area contributed by atoms with Gasteiger partial charge in [0, 0.05) is 35.7 Å². The molecule has 4 heteroatoms. The van der Waals surface area contributed by atoms with Crippen molar-refractivity contribution in [3.63, 3.8) is 0 Å². The van der Waals surface area contributed by atoms with Crippen LogP contribution in [0.5, 0.6) is 0 Å². The van der Waals surface area contributed by atoms with Gasteiger partial charge in [-0.05, 0) is 13.3 Å². The normalized spacial score (nSPS) is 18.9. The van der Waals surface area contributed by atoms with E-state index in [0.29, 0.717) is 5.73 Å². The first kappa shape index (κ1) is 9.73. The Morgan fingerprint density at radius 1 is 1.75 bits per heavy atom. The molecule has 1 aliphatic heterocycles. The van der Waals surface area contributed by atoms with E-state index < -0.39 is 0 Å². The summed E-state index contributed by atoms with van der Waals surface area (Å²) in [7, 11) is 1.14. The molecule has 0 fully saturated rings. The summed E-state index contributed by atoms with van der Waals surface area (Å²) in [6.45, 7) is 6.09. The Morgan fingerprint density at radius 3 is 3.17 bits per heavy atom. The first-order chi connectivity index (χ1) is 5.83. The molecule has 0 aromatic carbocycles. The summed E-state index contributed by atoms with van der Waals surface area (Å²) in [4.78, 5) is 6.43. The van der Waals surface area contributed by atoms with Crippen LogP contribution in [0.15, 0.2) is 4.99 Å². The lowest BCUT2D eigenvalue weighted by Crippen LogP contribution is -2.25. The van der Waals surface area contributed by atoms with Crippen molar-refractivity contribution >= 4 is 16.6 Å². The Morgan fingerprint density at radius 2 is 2.58 bits per heavy atom. The molecule has 12 heavy (non-hydrogen) atoms. The van der Waals surface area contributed by atoms with Crippen molar-refractivity contribution in [2.45, 2.75) is 19.1 Å². The lowest BCUT2D eigenvalue weighted by molar-refractivity contribution is 0.109. The van der Waals surface area contributed by atoms with E-state index in [1.54, 1.807) is 0 Å². The molecule has 0 saturated heterocycles. The van der Waals surface area contributed by atoms with E-state index in [9.17, 15) is 0 Å². The van der Waals surface area contributed by atoms with Gasteiger partial charge in [0.05, 0.1) is 12.9 Å². The minimum absolute atomic E-state index is 0.518. The lowest BCUT2D eigenvalue weighted by atomic mass is 10.4. The van der Waals surface area contributed by atoms with Gasteiger partial charge in [0.2, 0.25) is 0 Å². The molecule has 0 amide bonds. The second-order valence-electron chi connectivity index (χ2n) is 3.11. The largest absolute Gasteiger partial charge is 0.383 e. The van der Waals surface area contributed by atoms with Gasteiger partial charge in [-0.15, -0.1) is 0 Å². The molecule has 70 valence electrons. The highest BCUT2D eigenvalue weighted by Crippen LogP contribution is 1.99. The Hall–Kier alpha value is -0.353. The van der Waals surface area contributed by atoms with Crippen LogP contribution >= 0.6 is 0 Å². The average molecular weight is 186 g/mol. The van der Waals surface area contributed by atoms with E-state index >= 15 is 0 Å². The molecule has 0 saturated carbocycles. The van der Waals surface area contributed by atoms with Crippen LogP contribution in [0.2, 0.25) is 0 Å². The maximum Gasteiger partial charge on any atom is 0.0851 e. The van der Waals surface area contributed by atoms with E-state index in [1.165, 1.54) is 0 Å². The summed E-state index contributed by atoms with van der Waals surface area (Å²) in [5.41, 5.74) is 0.518. The van der Waals surface area contributed by atoms with Crippen molar-refractivity contribution in [3.8, 4) is 0 Å². The van der Waals surface area contributed by atoms with Crippen LogP contribution < -0.4 is 0 Å². The van der Waals surface area contributed by atoms with Crippen molar-refractivity contribution < 1.29 is 4.74 Å². The van der Waals surface area contributed by atoms with E-state index in [0.717, 1.165) is 42.9 Å². The first-order valence-corrected chi connectivity index (χ1v) is 5.84. The molecule has 1 heterocycles. The van der Waals surface area contributed by atoms with Gasteiger partial charge in [-0.25, -0.2) is 0 Å². The fourth-order valence-corrected chi connectivity index (χ4v) is 1.89. The zero-order chi connectivity index (χ0) is 8.81. The quantitative estimate of drug-likeness (QED) is 0.538. The monoisotopic (exact) mass is 186 g/mol. The van der Waals surface area contributed by atoms with Gasteiger partial charge in [-0.1, -0.05) is 0 Å². The second kappa shape index (κ2) is 5.32. The zero-order valence-corrected chi connectivity index (χ0v) is 9.99. The summed E-state index contributed by atoms with van der Waals surface area (Å²) >= 11 is 0. The number of ether oxygens (including phenoxy) is 1. The van der Waals surface area contributed by atoms with Crippen LogP contribution in [0.3, 0.4) is 0 Å². The molecule has 0 aromatic rings. The van der Waals surface area contributed by atoms with Gasteiger partial charge < -0.3 is 9.64 Å². The third-order valence-corrected chi connectivity index (χ3v) is 2.95. The molecule has 1 atom stereocenters. The Labute approximate surface area is 77.2 Å².